The minimum Gasteiger partial charge on any atom is -0.372 e. The van der Waals surface area contributed by atoms with Crippen molar-refractivity contribution < 1.29 is 9.53 Å². The Morgan fingerprint density at radius 1 is 1.15 bits per heavy atom. The number of hydrogen-bond donors (Lipinski definition) is 2. The number of aromatic nitrogens is 5. The highest BCUT2D eigenvalue weighted by Gasteiger charge is 2.26. The maximum Gasteiger partial charge on any atom is 0.261 e. The highest BCUT2D eigenvalue weighted by Crippen LogP contribution is 2.22. The first kappa shape index (κ1) is 19.6. The quantitative estimate of drug-likeness (QED) is 0.667. The maximum absolute atomic E-state index is 12.6. The minimum atomic E-state index is 0.0508. The van der Waals surface area contributed by atoms with Gasteiger partial charge in [0.25, 0.3) is 5.78 Å². The van der Waals surface area contributed by atoms with Crippen molar-refractivity contribution in [2.24, 2.45) is 0 Å². The van der Waals surface area contributed by atoms with Gasteiger partial charge in [0.2, 0.25) is 17.8 Å². The van der Waals surface area contributed by atoms with Crippen molar-refractivity contribution in [3.05, 3.63) is 0 Å². The summed E-state index contributed by atoms with van der Waals surface area (Å²) in [5.74, 6) is 1.89. The molecule has 0 bridgehead atoms. The van der Waals surface area contributed by atoms with Crippen LogP contribution < -0.4 is 10.6 Å². The van der Waals surface area contributed by atoms with Gasteiger partial charge in [0, 0.05) is 26.2 Å². The van der Waals surface area contributed by atoms with Crippen LogP contribution in [0.4, 0.5) is 11.9 Å². The van der Waals surface area contributed by atoms with Gasteiger partial charge >= 0.3 is 0 Å². The number of anilines is 2. The predicted octanol–water partition coefficient (Wildman–Crippen LogP) is 1.11. The van der Waals surface area contributed by atoms with Crippen molar-refractivity contribution in [3.8, 4) is 0 Å². The summed E-state index contributed by atoms with van der Waals surface area (Å²) in [6.45, 7) is 10.6. The van der Waals surface area contributed by atoms with E-state index in [0.717, 1.165) is 0 Å². The van der Waals surface area contributed by atoms with E-state index in [4.69, 9.17) is 4.74 Å². The van der Waals surface area contributed by atoms with Gasteiger partial charge in [-0.25, -0.2) is 4.40 Å². The lowest BCUT2D eigenvalue weighted by atomic mass is 10.2. The topological polar surface area (TPSA) is 110 Å². The van der Waals surface area contributed by atoms with Gasteiger partial charge in [-0.1, -0.05) is 11.8 Å². The van der Waals surface area contributed by atoms with Crippen LogP contribution in [0.5, 0.6) is 0 Å². The molecule has 1 aliphatic heterocycles. The molecule has 0 aromatic carbocycles. The fraction of sp³-hybridized carbons (Fsp3) is 0.688. The van der Waals surface area contributed by atoms with Crippen LogP contribution in [0.2, 0.25) is 0 Å². The number of thioether (sulfide) groups is 1. The van der Waals surface area contributed by atoms with E-state index in [0.29, 0.717) is 49.0 Å². The lowest BCUT2D eigenvalue weighted by Gasteiger charge is -2.35. The SMILES string of the molecule is CCNc1nc(NCC)n2c(SCC(=O)N3C[C@@H](C)O[C@@H](C)C3)nnc2n1. The third-order valence-corrected chi connectivity index (χ3v) is 4.93. The molecule has 0 unspecified atom stereocenters. The first-order chi connectivity index (χ1) is 13.0. The normalized spacial score (nSPS) is 20.1. The maximum atomic E-state index is 12.6. The number of nitrogens with one attached hydrogen (secondary N) is 2. The lowest BCUT2D eigenvalue weighted by Crippen LogP contribution is -2.48. The molecule has 0 aliphatic carbocycles. The predicted molar refractivity (Wildman–Crippen MR) is 104 cm³/mol. The van der Waals surface area contributed by atoms with Crippen molar-refractivity contribution in [2.75, 3.05) is 42.6 Å². The summed E-state index contributed by atoms with van der Waals surface area (Å²) in [5.41, 5.74) is 0. The number of fused-ring (bicyclic) bond motifs is 1. The molecule has 3 heterocycles. The zero-order valence-electron chi connectivity index (χ0n) is 16.1. The van der Waals surface area contributed by atoms with Crippen LogP contribution in [-0.4, -0.2) is 79.5 Å². The second-order valence-electron chi connectivity index (χ2n) is 6.39. The third kappa shape index (κ3) is 4.59. The second kappa shape index (κ2) is 8.70. The zero-order chi connectivity index (χ0) is 19.4. The molecule has 1 fully saturated rings. The van der Waals surface area contributed by atoms with Crippen molar-refractivity contribution in [2.45, 2.75) is 45.1 Å². The number of carbonyl (C=O) groups excluding carboxylic acids is 1. The molecule has 2 aromatic heterocycles. The molecule has 148 valence electrons. The molecule has 0 spiro atoms. The van der Waals surface area contributed by atoms with Crippen LogP contribution in [0.3, 0.4) is 0 Å². The van der Waals surface area contributed by atoms with Crippen LogP contribution in [-0.2, 0) is 9.53 Å². The third-order valence-electron chi connectivity index (χ3n) is 4.01. The van der Waals surface area contributed by atoms with Crippen molar-refractivity contribution in [1.82, 2.24) is 29.5 Å². The van der Waals surface area contributed by atoms with Gasteiger partial charge in [0.1, 0.15) is 0 Å². The average Bonchev–Trinajstić information content (AvgIpc) is 3.02. The number of hydrogen-bond acceptors (Lipinski definition) is 9. The molecule has 2 aromatic rings. The van der Waals surface area contributed by atoms with Crippen molar-refractivity contribution in [1.29, 1.82) is 0 Å². The Labute approximate surface area is 162 Å². The van der Waals surface area contributed by atoms with Crippen LogP contribution in [0.15, 0.2) is 5.16 Å². The first-order valence-corrected chi connectivity index (χ1v) is 10.2. The number of rotatable bonds is 7. The highest BCUT2D eigenvalue weighted by molar-refractivity contribution is 7.99. The van der Waals surface area contributed by atoms with E-state index < -0.39 is 0 Å². The lowest BCUT2D eigenvalue weighted by molar-refractivity contribution is -0.140. The van der Waals surface area contributed by atoms with Gasteiger partial charge in [0.05, 0.1) is 18.0 Å². The van der Waals surface area contributed by atoms with E-state index in [1.807, 2.05) is 32.6 Å². The Bertz CT molecular complexity index is 788. The molecular weight excluding hydrogens is 368 g/mol. The first-order valence-electron chi connectivity index (χ1n) is 9.18. The Hall–Kier alpha value is -2.14. The molecule has 1 saturated heterocycles. The Balaban J connectivity index is 1.75. The van der Waals surface area contributed by atoms with E-state index in [2.05, 4.69) is 30.8 Å². The van der Waals surface area contributed by atoms with Gasteiger partial charge < -0.3 is 20.3 Å². The number of morpholine rings is 1. The van der Waals surface area contributed by atoms with E-state index in [1.54, 1.807) is 4.40 Å². The fourth-order valence-electron chi connectivity index (χ4n) is 3.00. The smallest absolute Gasteiger partial charge is 0.261 e. The monoisotopic (exact) mass is 394 g/mol. The molecule has 0 saturated carbocycles. The summed E-state index contributed by atoms with van der Waals surface area (Å²) in [7, 11) is 0. The molecule has 11 heteroatoms. The average molecular weight is 395 g/mol. The van der Waals surface area contributed by atoms with Gasteiger partial charge in [-0.15, -0.1) is 10.2 Å². The summed E-state index contributed by atoms with van der Waals surface area (Å²) in [6, 6.07) is 0. The number of amides is 1. The Kier molecular flexibility index (Phi) is 6.32. The van der Waals surface area contributed by atoms with Gasteiger partial charge in [0.15, 0.2) is 5.16 Å². The van der Waals surface area contributed by atoms with Gasteiger partial charge in [-0.3, -0.25) is 4.79 Å². The summed E-state index contributed by atoms with van der Waals surface area (Å²) in [4.78, 5) is 23.3. The minimum absolute atomic E-state index is 0.0508. The van der Waals surface area contributed by atoms with Crippen molar-refractivity contribution in [3.63, 3.8) is 0 Å². The Morgan fingerprint density at radius 3 is 2.52 bits per heavy atom. The molecular formula is C16H26N8O2S. The van der Waals surface area contributed by atoms with Crippen molar-refractivity contribution >= 4 is 35.3 Å². The second-order valence-corrected chi connectivity index (χ2v) is 7.34. The van der Waals surface area contributed by atoms with Crippen LogP contribution >= 0.6 is 11.8 Å². The number of ether oxygens (including phenoxy) is 1. The highest BCUT2D eigenvalue weighted by atomic mass is 32.2. The summed E-state index contributed by atoms with van der Waals surface area (Å²) < 4.78 is 7.43. The van der Waals surface area contributed by atoms with Gasteiger partial charge in [-0.05, 0) is 27.7 Å². The van der Waals surface area contributed by atoms with Crippen LogP contribution in [0.1, 0.15) is 27.7 Å². The van der Waals surface area contributed by atoms with Gasteiger partial charge in [-0.2, -0.15) is 9.97 Å². The summed E-state index contributed by atoms with van der Waals surface area (Å²) in [5, 5.41) is 15.2. The molecule has 2 atom stereocenters. The largest absolute Gasteiger partial charge is 0.372 e. The van der Waals surface area contributed by atoms with E-state index in [-0.39, 0.29) is 23.9 Å². The van der Waals surface area contributed by atoms with E-state index >= 15 is 0 Å². The zero-order valence-corrected chi connectivity index (χ0v) is 16.9. The molecule has 3 rings (SSSR count). The van der Waals surface area contributed by atoms with Crippen LogP contribution in [0.25, 0.3) is 5.78 Å². The summed E-state index contributed by atoms with van der Waals surface area (Å²) in [6.07, 6.45) is 0.102. The molecule has 27 heavy (non-hydrogen) atoms. The fourth-order valence-corrected chi connectivity index (χ4v) is 3.83. The molecule has 1 aliphatic rings. The molecule has 10 nitrogen and oxygen atoms in total. The van der Waals surface area contributed by atoms with E-state index in [9.17, 15) is 4.79 Å². The van der Waals surface area contributed by atoms with E-state index in [1.165, 1.54) is 11.8 Å². The number of nitrogens with zero attached hydrogens (tertiary/aromatic N) is 6. The number of carbonyl (C=O) groups is 1. The Morgan fingerprint density at radius 2 is 1.85 bits per heavy atom. The van der Waals surface area contributed by atoms with Crippen LogP contribution in [0, 0.1) is 0 Å². The standard InChI is InChI=1S/C16H26N8O2S/c1-5-17-13-19-14(18-6-2)24-15(20-13)21-22-16(24)27-9-12(25)23-7-10(3)26-11(4)8-23/h10-11H,5-9H2,1-4H3,(H2,17,18,19,20,21)/t10-,11+. The molecule has 0 radical (unpaired) electrons. The summed E-state index contributed by atoms with van der Waals surface area (Å²) >= 11 is 1.34. The molecule has 2 N–H and O–H groups in total. The molecule has 1 amide bonds.